The number of fused-ring (bicyclic) bond motifs is 1. The molecule has 1 aliphatic heterocycles. The minimum absolute atomic E-state index is 0.116. The normalized spacial score (nSPS) is 15.0. The third kappa shape index (κ3) is 4.44. The molecule has 0 fully saturated rings. The van der Waals surface area contributed by atoms with Gasteiger partial charge in [-0.2, -0.15) is 0 Å². The van der Waals surface area contributed by atoms with Gasteiger partial charge in [0.15, 0.2) is 11.5 Å². The summed E-state index contributed by atoms with van der Waals surface area (Å²) in [7, 11) is 1.55. The molecule has 1 heterocycles. The van der Waals surface area contributed by atoms with Gasteiger partial charge in [0.2, 0.25) is 5.91 Å². The van der Waals surface area contributed by atoms with E-state index in [2.05, 4.69) is 10.6 Å². The molecule has 7 nitrogen and oxygen atoms in total. The van der Waals surface area contributed by atoms with Crippen molar-refractivity contribution in [3.63, 3.8) is 0 Å². The Labute approximate surface area is 151 Å². The highest BCUT2D eigenvalue weighted by molar-refractivity contribution is 5.96. The first-order valence-corrected chi connectivity index (χ1v) is 8.23. The summed E-state index contributed by atoms with van der Waals surface area (Å²) in [4.78, 5) is 23.9. The summed E-state index contributed by atoms with van der Waals surface area (Å²) < 4.78 is 16.4. The highest BCUT2D eigenvalue weighted by atomic mass is 16.6. The summed E-state index contributed by atoms with van der Waals surface area (Å²) in [6.45, 7) is 0.538. The predicted octanol–water partition coefficient (Wildman–Crippen LogP) is 1.38. The van der Waals surface area contributed by atoms with Crippen molar-refractivity contribution >= 4 is 11.8 Å². The van der Waals surface area contributed by atoms with Crippen molar-refractivity contribution in [3.8, 4) is 17.2 Å². The zero-order valence-electron chi connectivity index (χ0n) is 14.4. The number of ether oxygens (including phenoxy) is 3. The Morgan fingerprint density at radius 2 is 1.81 bits per heavy atom. The van der Waals surface area contributed by atoms with Crippen molar-refractivity contribution in [3.05, 3.63) is 54.1 Å². The lowest BCUT2D eigenvalue weighted by Gasteiger charge is -2.26. The quantitative estimate of drug-likeness (QED) is 0.817. The molecule has 26 heavy (non-hydrogen) atoms. The van der Waals surface area contributed by atoms with Crippen molar-refractivity contribution < 1.29 is 23.8 Å². The van der Waals surface area contributed by atoms with Gasteiger partial charge >= 0.3 is 0 Å². The van der Waals surface area contributed by atoms with E-state index in [0.29, 0.717) is 36.0 Å². The van der Waals surface area contributed by atoms with Gasteiger partial charge in [-0.05, 0) is 36.4 Å². The Kier molecular flexibility index (Phi) is 5.58. The average Bonchev–Trinajstić information content (AvgIpc) is 2.70. The van der Waals surface area contributed by atoms with Crippen molar-refractivity contribution in [2.45, 2.75) is 6.10 Å². The number of hydrogen-bond donors (Lipinski definition) is 2. The molecule has 2 amide bonds. The summed E-state index contributed by atoms with van der Waals surface area (Å²) in [6.07, 6.45) is -0.272. The Hall–Kier alpha value is -3.22. The maximum absolute atomic E-state index is 12.0. The standard InChI is InChI=1S/C19H20N2O5/c1-24-14-8-6-13(7-9-14)19(23)21-11-18(22)20-10-15-12-25-16-4-2-3-5-17(16)26-15/h2-9,15H,10-12H2,1H3,(H,20,22)(H,21,23)/t15-/m1/s1. The van der Waals surface area contributed by atoms with Crippen molar-refractivity contribution in [2.24, 2.45) is 0 Å². The van der Waals surface area contributed by atoms with Gasteiger partial charge in [-0.25, -0.2) is 0 Å². The lowest BCUT2D eigenvalue weighted by Crippen LogP contribution is -2.44. The van der Waals surface area contributed by atoms with E-state index >= 15 is 0 Å². The van der Waals surface area contributed by atoms with Crippen LogP contribution in [0.4, 0.5) is 0 Å². The molecule has 2 aromatic rings. The van der Waals surface area contributed by atoms with Gasteiger partial charge in [0.25, 0.3) is 5.91 Å². The van der Waals surface area contributed by atoms with Crippen LogP contribution in [-0.2, 0) is 4.79 Å². The lowest BCUT2D eigenvalue weighted by molar-refractivity contribution is -0.120. The second-order valence-electron chi connectivity index (χ2n) is 5.71. The summed E-state index contributed by atoms with van der Waals surface area (Å²) >= 11 is 0. The van der Waals surface area contributed by atoms with Gasteiger partial charge in [0.05, 0.1) is 20.2 Å². The topological polar surface area (TPSA) is 85.9 Å². The summed E-state index contributed by atoms with van der Waals surface area (Å²) in [5.74, 6) is 1.39. The number of carbonyl (C=O) groups excluding carboxylic acids is 2. The van der Waals surface area contributed by atoms with Crippen LogP contribution in [0.25, 0.3) is 0 Å². The molecule has 0 radical (unpaired) electrons. The first-order valence-electron chi connectivity index (χ1n) is 8.23. The monoisotopic (exact) mass is 356 g/mol. The molecular formula is C19H20N2O5. The van der Waals surface area contributed by atoms with Crippen LogP contribution >= 0.6 is 0 Å². The van der Waals surface area contributed by atoms with Gasteiger partial charge in [-0.1, -0.05) is 12.1 Å². The Bertz CT molecular complexity index is 776. The zero-order valence-corrected chi connectivity index (χ0v) is 14.4. The van der Waals surface area contributed by atoms with Gasteiger partial charge < -0.3 is 24.8 Å². The van der Waals surface area contributed by atoms with E-state index in [4.69, 9.17) is 14.2 Å². The van der Waals surface area contributed by atoms with Gasteiger partial charge in [0.1, 0.15) is 18.5 Å². The SMILES string of the molecule is COc1ccc(C(=O)NCC(=O)NC[C@@H]2COc3ccccc3O2)cc1. The van der Waals surface area contributed by atoms with Crippen LogP contribution in [0.15, 0.2) is 48.5 Å². The van der Waals surface area contributed by atoms with Crippen LogP contribution in [0.3, 0.4) is 0 Å². The molecule has 1 atom stereocenters. The van der Waals surface area contributed by atoms with Crippen LogP contribution in [0.1, 0.15) is 10.4 Å². The maximum Gasteiger partial charge on any atom is 0.251 e. The van der Waals surface area contributed by atoms with Crippen molar-refractivity contribution in [2.75, 3.05) is 26.8 Å². The molecule has 2 N–H and O–H groups in total. The van der Waals surface area contributed by atoms with Crippen LogP contribution in [0.2, 0.25) is 0 Å². The average molecular weight is 356 g/mol. The molecule has 3 rings (SSSR count). The Morgan fingerprint density at radius 3 is 2.54 bits per heavy atom. The molecule has 1 aliphatic rings. The van der Waals surface area contributed by atoms with Crippen LogP contribution in [-0.4, -0.2) is 44.7 Å². The van der Waals surface area contributed by atoms with E-state index in [1.54, 1.807) is 31.4 Å². The Morgan fingerprint density at radius 1 is 1.08 bits per heavy atom. The number of nitrogens with one attached hydrogen (secondary N) is 2. The molecule has 0 saturated heterocycles. The van der Waals surface area contributed by atoms with Gasteiger partial charge in [0, 0.05) is 5.56 Å². The van der Waals surface area contributed by atoms with Crippen LogP contribution in [0.5, 0.6) is 17.2 Å². The van der Waals surface area contributed by atoms with E-state index in [9.17, 15) is 9.59 Å². The molecule has 0 unspecified atom stereocenters. The molecule has 136 valence electrons. The number of rotatable bonds is 6. The fourth-order valence-corrected chi connectivity index (χ4v) is 2.46. The second kappa shape index (κ2) is 8.24. The zero-order chi connectivity index (χ0) is 18.4. The first kappa shape index (κ1) is 17.6. The van der Waals surface area contributed by atoms with Crippen molar-refractivity contribution in [1.82, 2.24) is 10.6 Å². The largest absolute Gasteiger partial charge is 0.497 e. The molecule has 0 bridgehead atoms. The predicted molar refractivity (Wildman–Crippen MR) is 94.7 cm³/mol. The van der Waals surface area contributed by atoms with E-state index < -0.39 is 0 Å². The minimum Gasteiger partial charge on any atom is -0.497 e. The van der Waals surface area contributed by atoms with Crippen molar-refractivity contribution in [1.29, 1.82) is 0 Å². The van der Waals surface area contributed by atoms with E-state index in [-0.39, 0.29) is 24.5 Å². The number of benzene rings is 2. The highest BCUT2D eigenvalue weighted by Crippen LogP contribution is 2.30. The van der Waals surface area contributed by atoms with Crippen LogP contribution < -0.4 is 24.8 Å². The first-order chi connectivity index (χ1) is 12.7. The Balaban J connectivity index is 1.41. The fraction of sp³-hybridized carbons (Fsp3) is 0.263. The van der Waals surface area contributed by atoms with E-state index in [1.165, 1.54) is 0 Å². The maximum atomic E-state index is 12.0. The van der Waals surface area contributed by atoms with Crippen LogP contribution in [0, 0.1) is 0 Å². The summed E-state index contributed by atoms with van der Waals surface area (Å²) in [6, 6.07) is 14.0. The number of hydrogen-bond acceptors (Lipinski definition) is 5. The third-order valence-electron chi connectivity index (χ3n) is 3.86. The molecule has 0 aliphatic carbocycles. The molecular weight excluding hydrogens is 336 g/mol. The molecule has 0 spiro atoms. The molecule has 0 saturated carbocycles. The van der Waals surface area contributed by atoms with Gasteiger partial charge in [-0.3, -0.25) is 9.59 Å². The fourth-order valence-electron chi connectivity index (χ4n) is 2.46. The molecule has 2 aromatic carbocycles. The number of carbonyl (C=O) groups is 2. The lowest BCUT2D eigenvalue weighted by atomic mass is 10.2. The third-order valence-corrected chi connectivity index (χ3v) is 3.86. The smallest absolute Gasteiger partial charge is 0.251 e. The minimum atomic E-state index is -0.325. The summed E-state index contributed by atoms with van der Waals surface area (Å²) in [5, 5.41) is 5.31. The van der Waals surface area contributed by atoms with E-state index in [1.807, 2.05) is 24.3 Å². The summed E-state index contributed by atoms with van der Waals surface area (Å²) in [5.41, 5.74) is 0.458. The number of para-hydroxylation sites is 2. The number of methoxy groups -OCH3 is 1. The highest BCUT2D eigenvalue weighted by Gasteiger charge is 2.21. The molecule has 7 heteroatoms. The molecule has 0 aromatic heterocycles. The second-order valence-corrected chi connectivity index (χ2v) is 5.71. The van der Waals surface area contributed by atoms with E-state index in [0.717, 1.165) is 0 Å². The number of amides is 2. The van der Waals surface area contributed by atoms with Gasteiger partial charge in [-0.15, -0.1) is 0 Å².